The van der Waals surface area contributed by atoms with Gasteiger partial charge in [-0.1, -0.05) is 18.3 Å². The second-order valence-electron chi connectivity index (χ2n) is 3.59. The van der Waals surface area contributed by atoms with Crippen molar-refractivity contribution in [1.29, 1.82) is 0 Å². The van der Waals surface area contributed by atoms with Gasteiger partial charge in [0.05, 0.1) is 0 Å². The largest absolute Gasteiger partial charge is 0.346 e. The monoisotopic (exact) mass is 215 g/mol. The maximum atomic E-state index is 5.01. The fourth-order valence-electron chi connectivity index (χ4n) is 1.72. The van der Waals surface area contributed by atoms with Crippen LogP contribution in [0.2, 0.25) is 0 Å². The Morgan fingerprint density at radius 1 is 1.69 bits per heavy atom. The van der Waals surface area contributed by atoms with E-state index in [4.69, 9.17) is 12.2 Å². The fourth-order valence-corrected chi connectivity index (χ4v) is 2.63. The van der Waals surface area contributed by atoms with Crippen molar-refractivity contribution in [2.24, 2.45) is 5.92 Å². The molecule has 1 aromatic heterocycles. The van der Waals surface area contributed by atoms with E-state index < -0.39 is 0 Å². The summed E-state index contributed by atoms with van der Waals surface area (Å²) in [6, 6.07) is 0. The van der Waals surface area contributed by atoms with Crippen LogP contribution in [0.5, 0.6) is 0 Å². The maximum absolute atomic E-state index is 5.01. The van der Waals surface area contributed by atoms with E-state index >= 15 is 0 Å². The summed E-state index contributed by atoms with van der Waals surface area (Å²) in [7, 11) is 0. The molecule has 1 aliphatic rings. The Bertz CT molecular complexity index is 330. The van der Waals surface area contributed by atoms with Crippen LogP contribution in [-0.2, 0) is 0 Å². The maximum Gasteiger partial charge on any atom is 0.206 e. The molecule has 0 aliphatic carbocycles. The summed E-state index contributed by atoms with van der Waals surface area (Å²) in [4.78, 5) is 2.32. The highest BCUT2D eigenvalue weighted by Crippen LogP contribution is 2.24. The van der Waals surface area contributed by atoms with Crippen LogP contribution >= 0.6 is 23.6 Å². The molecule has 3 nitrogen and oxygen atoms in total. The van der Waals surface area contributed by atoms with Gasteiger partial charge in [0.25, 0.3) is 0 Å². The second kappa shape index (κ2) is 3.75. The summed E-state index contributed by atoms with van der Waals surface area (Å²) in [6.07, 6.45) is 2.61. The molecule has 72 valence electrons. The lowest BCUT2D eigenvalue weighted by Crippen LogP contribution is -2.34. The Hall–Kier alpha value is -0.420. The van der Waals surface area contributed by atoms with Crippen molar-refractivity contribution >= 4 is 28.7 Å². The number of nitrogens with zero attached hydrogens (tertiary/aromatic N) is 2. The van der Waals surface area contributed by atoms with Crippen LogP contribution < -0.4 is 4.90 Å². The third-order valence-corrected chi connectivity index (χ3v) is 3.50. The zero-order chi connectivity index (χ0) is 9.26. The molecule has 1 unspecified atom stereocenters. The molecule has 0 aromatic carbocycles. The van der Waals surface area contributed by atoms with Crippen LogP contribution in [0, 0.1) is 9.87 Å². The van der Waals surface area contributed by atoms with Gasteiger partial charge < -0.3 is 4.90 Å². The first-order valence-electron chi connectivity index (χ1n) is 4.56. The molecule has 2 heterocycles. The standard InChI is InChI=1S/C8H13N3S2/c1-6-3-2-4-11(5-6)7-9-10-8(12)13-7/h6H,2-5H2,1H3,(H,10,12). The van der Waals surface area contributed by atoms with Crippen LogP contribution in [0.3, 0.4) is 0 Å². The van der Waals surface area contributed by atoms with Crippen molar-refractivity contribution in [3.8, 4) is 0 Å². The molecule has 0 saturated carbocycles. The van der Waals surface area contributed by atoms with Crippen molar-refractivity contribution in [1.82, 2.24) is 10.2 Å². The second-order valence-corrected chi connectivity index (χ2v) is 5.23. The van der Waals surface area contributed by atoms with E-state index in [0.717, 1.165) is 28.1 Å². The molecule has 1 N–H and O–H groups in total. The normalized spacial score (nSPS) is 23.5. The quantitative estimate of drug-likeness (QED) is 0.730. The number of hydrogen-bond donors (Lipinski definition) is 1. The lowest BCUT2D eigenvalue weighted by Gasteiger charge is -2.30. The zero-order valence-corrected chi connectivity index (χ0v) is 9.25. The Labute approximate surface area is 86.8 Å². The summed E-state index contributed by atoms with van der Waals surface area (Å²) >= 11 is 6.58. The van der Waals surface area contributed by atoms with Gasteiger partial charge in [0.2, 0.25) is 5.13 Å². The van der Waals surface area contributed by atoms with Gasteiger partial charge in [0, 0.05) is 13.1 Å². The van der Waals surface area contributed by atoms with Gasteiger partial charge in [-0.2, -0.15) is 0 Å². The van der Waals surface area contributed by atoms with Gasteiger partial charge in [0.15, 0.2) is 3.95 Å². The first kappa shape index (κ1) is 9.15. The van der Waals surface area contributed by atoms with Crippen molar-refractivity contribution in [2.75, 3.05) is 18.0 Å². The molecular formula is C8H13N3S2. The first-order chi connectivity index (χ1) is 6.25. The Balaban J connectivity index is 2.12. The predicted octanol–water partition coefficient (Wildman–Crippen LogP) is 2.44. The Morgan fingerprint density at radius 3 is 3.15 bits per heavy atom. The SMILES string of the molecule is CC1CCCN(c2n[nH]c(=S)s2)C1. The van der Waals surface area contributed by atoms with Crippen LogP contribution in [-0.4, -0.2) is 23.3 Å². The average Bonchev–Trinajstić information content (AvgIpc) is 2.52. The Morgan fingerprint density at radius 2 is 2.54 bits per heavy atom. The highest BCUT2D eigenvalue weighted by atomic mass is 32.1. The van der Waals surface area contributed by atoms with E-state index in [0.29, 0.717) is 0 Å². The summed E-state index contributed by atoms with van der Waals surface area (Å²) in [5.74, 6) is 0.784. The Kier molecular flexibility index (Phi) is 2.64. The van der Waals surface area contributed by atoms with E-state index in [2.05, 4.69) is 22.0 Å². The molecule has 2 rings (SSSR count). The van der Waals surface area contributed by atoms with Crippen molar-refractivity contribution in [3.63, 3.8) is 0 Å². The molecule has 1 saturated heterocycles. The smallest absolute Gasteiger partial charge is 0.206 e. The van der Waals surface area contributed by atoms with Crippen LogP contribution in [0.4, 0.5) is 5.13 Å². The number of piperidine rings is 1. The first-order valence-corrected chi connectivity index (χ1v) is 5.78. The van der Waals surface area contributed by atoms with Crippen LogP contribution in [0.25, 0.3) is 0 Å². The number of nitrogens with one attached hydrogen (secondary N) is 1. The minimum Gasteiger partial charge on any atom is -0.346 e. The molecule has 0 radical (unpaired) electrons. The molecule has 13 heavy (non-hydrogen) atoms. The van der Waals surface area contributed by atoms with Gasteiger partial charge in [-0.25, -0.2) is 0 Å². The average molecular weight is 215 g/mol. The molecule has 0 amide bonds. The summed E-state index contributed by atoms with van der Waals surface area (Å²) < 4.78 is 0.772. The van der Waals surface area contributed by atoms with Crippen LogP contribution in [0.15, 0.2) is 0 Å². The highest BCUT2D eigenvalue weighted by molar-refractivity contribution is 7.73. The number of H-pyrrole nitrogens is 1. The van der Waals surface area contributed by atoms with E-state index in [1.165, 1.54) is 12.8 Å². The topological polar surface area (TPSA) is 31.9 Å². The van der Waals surface area contributed by atoms with E-state index in [-0.39, 0.29) is 0 Å². The summed E-state index contributed by atoms with van der Waals surface area (Å²) in [5, 5.41) is 8.06. The number of rotatable bonds is 1. The number of anilines is 1. The third-order valence-electron chi connectivity index (χ3n) is 2.35. The molecule has 0 spiro atoms. The van der Waals surface area contributed by atoms with Gasteiger partial charge in [-0.05, 0) is 31.0 Å². The number of aromatic amines is 1. The van der Waals surface area contributed by atoms with E-state index in [9.17, 15) is 0 Å². The van der Waals surface area contributed by atoms with Gasteiger partial charge in [0.1, 0.15) is 0 Å². The third kappa shape index (κ3) is 2.08. The fraction of sp³-hybridized carbons (Fsp3) is 0.750. The molecular weight excluding hydrogens is 202 g/mol. The minimum absolute atomic E-state index is 0.772. The van der Waals surface area contributed by atoms with Gasteiger partial charge in [-0.3, -0.25) is 5.10 Å². The number of aromatic nitrogens is 2. The molecule has 5 heteroatoms. The van der Waals surface area contributed by atoms with E-state index in [1.54, 1.807) is 11.3 Å². The lowest BCUT2D eigenvalue weighted by atomic mass is 10.0. The molecule has 1 fully saturated rings. The number of hydrogen-bond acceptors (Lipinski definition) is 4. The molecule has 1 aromatic rings. The van der Waals surface area contributed by atoms with Gasteiger partial charge in [-0.15, -0.1) is 5.10 Å². The zero-order valence-electron chi connectivity index (χ0n) is 7.62. The molecule has 1 aliphatic heterocycles. The predicted molar refractivity (Wildman–Crippen MR) is 57.9 cm³/mol. The summed E-state index contributed by atoms with van der Waals surface area (Å²) in [5.41, 5.74) is 0. The van der Waals surface area contributed by atoms with Gasteiger partial charge >= 0.3 is 0 Å². The van der Waals surface area contributed by atoms with E-state index in [1.807, 2.05) is 0 Å². The minimum atomic E-state index is 0.772. The highest BCUT2D eigenvalue weighted by Gasteiger charge is 2.18. The van der Waals surface area contributed by atoms with Crippen LogP contribution in [0.1, 0.15) is 19.8 Å². The van der Waals surface area contributed by atoms with Crippen molar-refractivity contribution in [3.05, 3.63) is 3.95 Å². The van der Waals surface area contributed by atoms with Crippen molar-refractivity contribution < 1.29 is 0 Å². The molecule has 0 bridgehead atoms. The molecule has 1 atom stereocenters. The summed E-state index contributed by atoms with van der Waals surface area (Å²) in [6.45, 7) is 4.54. The van der Waals surface area contributed by atoms with Crippen molar-refractivity contribution in [2.45, 2.75) is 19.8 Å². The lowest BCUT2D eigenvalue weighted by molar-refractivity contribution is 0.446.